The minimum atomic E-state index is -0.277. The molecule has 3 unspecified atom stereocenters. The van der Waals surface area contributed by atoms with Crippen LogP contribution in [0.2, 0.25) is 0 Å². The fourth-order valence-electron chi connectivity index (χ4n) is 1.60. The van der Waals surface area contributed by atoms with Crippen molar-refractivity contribution in [2.24, 2.45) is 5.92 Å². The van der Waals surface area contributed by atoms with Gasteiger partial charge in [0.15, 0.2) is 0 Å². The Hall–Kier alpha value is -0.960. The second-order valence-electron chi connectivity index (χ2n) is 4.11. The number of hydrogen-bond donors (Lipinski definition) is 1. The lowest BCUT2D eigenvalue weighted by Crippen LogP contribution is -2.22. The lowest BCUT2D eigenvalue weighted by atomic mass is 10.2. The second-order valence-corrected chi connectivity index (χ2v) is 4.11. The Kier molecular flexibility index (Phi) is 2.50. The van der Waals surface area contributed by atoms with Gasteiger partial charge in [-0.1, -0.05) is 6.92 Å². The van der Waals surface area contributed by atoms with Crippen molar-refractivity contribution in [1.82, 2.24) is 10.3 Å². The van der Waals surface area contributed by atoms with E-state index in [9.17, 15) is 4.39 Å². The Morgan fingerprint density at radius 1 is 1.57 bits per heavy atom. The molecule has 1 fully saturated rings. The molecule has 1 aliphatic rings. The van der Waals surface area contributed by atoms with E-state index in [1.54, 1.807) is 6.07 Å². The van der Waals surface area contributed by atoms with E-state index in [4.69, 9.17) is 0 Å². The van der Waals surface area contributed by atoms with Gasteiger partial charge in [0.05, 0.1) is 11.9 Å². The van der Waals surface area contributed by atoms with Gasteiger partial charge in [-0.2, -0.15) is 0 Å². The summed E-state index contributed by atoms with van der Waals surface area (Å²) in [6.07, 6.45) is 2.51. The molecule has 0 saturated heterocycles. The van der Waals surface area contributed by atoms with Crippen LogP contribution in [0.5, 0.6) is 0 Å². The quantitative estimate of drug-likeness (QED) is 0.798. The van der Waals surface area contributed by atoms with Crippen molar-refractivity contribution in [2.45, 2.75) is 32.4 Å². The molecule has 0 bridgehead atoms. The Morgan fingerprint density at radius 3 is 2.79 bits per heavy atom. The van der Waals surface area contributed by atoms with Crippen LogP contribution in [-0.4, -0.2) is 11.0 Å². The summed E-state index contributed by atoms with van der Waals surface area (Å²) in [5, 5.41) is 3.45. The first-order valence-corrected chi connectivity index (χ1v) is 5.04. The molecule has 2 rings (SSSR count). The van der Waals surface area contributed by atoms with E-state index in [1.807, 2.05) is 0 Å². The summed E-state index contributed by atoms with van der Waals surface area (Å²) in [5.41, 5.74) is 0.908. The topological polar surface area (TPSA) is 24.9 Å². The van der Waals surface area contributed by atoms with E-state index >= 15 is 0 Å². The Labute approximate surface area is 83.6 Å². The van der Waals surface area contributed by atoms with Crippen LogP contribution in [0.25, 0.3) is 0 Å². The van der Waals surface area contributed by atoms with Gasteiger partial charge in [-0.05, 0) is 31.4 Å². The van der Waals surface area contributed by atoms with Gasteiger partial charge in [0.2, 0.25) is 0 Å². The third kappa shape index (κ3) is 2.10. The molecule has 1 N–H and O–H groups in total. The fraction of sp³-hybridized carbons (Fsp3) is 0.545. The number of nitrogens with one attached hydrogen (secondary N) is 1. The molecule has 1 aromatic rings. The van der Waals surface area contributed by atoms with Crippen LogP contribution < -0.4 is 5.32 Å². The summed E-state index contributed by atoms with van der Waals surface area (Å²) in [5.74, 6) is 0.499. The number of rotatable bonds is 3. The molecule has 3 atom stereocenters. The summed E-state index contributed by atoms with van der Waals surface area (Å²) in [6.45, 7) is 4.29. The highest BCUT2D eigenvalue weighted by Gasteiger charge is 2.33. The zero-order valence-electron chi connectivity index (χ0n) is 8.50. The molecule has 0 amide bonds. The average molecular weight is 194 g/mol. The zero-order chi connectivity index (χ0) is 10.1. The smallest absolute Gasteiger partial charge is 0.141 e. The molecule has 1 heterocycles. The van der Waals surface area contributed by atoms with Gasteiger partial charge in [-0.15, -0.1) is 0 Å². The van der Waals surface area contributed by atoms with Gasteiger partial charge >= 0.3 is 0 Å². The number of pyridine rings is 1. The first-order chi connectivity index (χ1) is 6.66. The van der Waals surface area contributed by atoms with Crippen LogP contribution in [0.3, 0.4) is 0 Å². The molecular formula is C11H15FN2. The van der Waals surface area contributed by atoms with Crippen LogP contribution in [0.1, 0.15) is 32.0 Å². The summed E-state index contributed by atoms with van der Waals surface area (Å²) >= 11 is 0. The van der Waals surface area contributed by atoms with Crippen molar-refractivity contribution in [3.63, 3.8) is 0 Å². The lowest BCUT2D eigenvalue weighted by Gasteiger charge is -2.12. The Morgan fingerprint density at radius 2 is 2.29 bits per heavy atom. The molecule has 1 aromatic heterocycles. The van der Waals surface area contributed by atoms with Crippen LogP contribution in [0.4, 0.5) is 4.39 Å². The average Bonchev–Trinajstić information content (AvgIpc) is 2.82. The first-order valence-electron chi connectivity index (χ1n) is 5.04. The molecule has 0 aliphatic heterocycles. The predicted molar refractivity (Wildman–Crippen MR) is 53.3 cm³/mol. The summed E-state index contributed by atoms with van der Waals surface area (Å²) in [4.78, 5) is 4.05. The SMILES string of the molecule is CC(NC1CC1C)c1ccc(F)cn1. The molecule has 0 radical (unpaired) electrons. The second kappa shape index (κ2) is 3.65. The van der Waals surface area contributed by atoms with Crippen molar-refractivity contribution in [3.8, 4) is 0 Å². The Bertz CT molecular complexity index is 310. The molecule has 1 saturated carbocycles. The number of halogens is 1. The van der Waals surface area contributed by atoms with Crippen LogP contribution >= 0.6 is 0 Å². The highest BCUT2D eigenvalue weighted by Crippen LogP contribution is 2.31. The van der Waals surface area contributed by atoms with E-state index in [0.717, 1.165) is 11.6 Å². The normalized spacial score (nSPS) is 27.4. The first kappa shape index (κ1) is 9.59. The van der Waals surface area contributed by atoms with Crippen molar-refractivity contribution < 1.29 is 4.39 Å². The molecule has 0 spiro atoms. The minimum absolute atomic E-state index is 0.213. The standard InChI is InChI=1S/C11H15FN2/c1-7-5-11(7)14-8(2)10-4-3-9(12)6-13-10/h3-4,6-8,11,14H,5H2,1-2H3. The van der Waals surface area contributed by atoms with Gasteiger partial charge in [-0.3, -0.25) is 4.98 Å². The summed E-state index contributed by atoms with van der Waals surface area (Å²) in [6, 6.07) is 4.03. The summed E-state index contributed by atoms with van der Waals surface area (Å²) in [7, 11) is 0. The maximum Gasteiger partial charge on any atom is 0.141 e. The fourth-order valence-corrected chi connectivity index (χ4v) is 1.60. The van der Waals surface area contributed by atoms with E-state index in [0.29, 0.717) is 6.04 Å². The molecule has 14 heavy (non-hydrogen) atoms. The van der Waals surface area contributed by atoms with Crippen molar-refractivity contribution in [1.29, 1.82) is 0 Å². The third-order valence-electron chi connectivity index (χ3n) is 2.77. The minimum Gasteiger partial charge on any atom is -0.306 e. The van der Waals surface area contributed by atoms with Crippen molar-refractivity contribution >= 4 is 0 Å². The molecule has 1 aliphatic carbocycles. The van der Waals surface area contributed by atoms with Crippen molar-refractivity contribution in [3.05, 3.63) is 29.8 Å². The number of nitrogens with zero attached hydrogens (tertiary/aromatic N) is 1. The zero-order valence-corrected chi connectivity index (χ0v) is 8.50. The molecule has 0 aromatic carbocycles. The van der Waals surface area contributed by atoms with Gasteiger partial charge < -0.3 is 5.32 Å². The van der Waals surface area contributed by atoms with E-state index in [1.165, 1.54) is 18.7 Å². The van der Waals surface area contributed by atoms with Gasteiger partial charge in [0.1, 0.15) is 5.82 Å². The molecule has 2 nitrogen and oxygen atoms in total. The maximum absolute atomic E-state index is 12.6. The van der Waals surface area contributed by atoms with Crippen LogP contribution in [-0.2, 0) is 0 Å². The van der Waals surface area contributed by atoms with Gasteiger partial charge in [0.25, 0.3) is 0 Å². The number of hydrogen-bond acceptors (Lipinski definition) is 2. The largest absolute Gasteiger partial charge is 0.306 e. The highest BCUT2D eigenvalue weighted by molar-refractivity contribution is 5.10. The molecular weight excluding hydrogens is 179 g/mol. The predicted octanol–water partition coefficient (Wildman–Crippen LogP) is 2.28. The van der Waals surface area contributed by atoms with Gasteiger partial charge in [-0.25, -0.2) is 4.39 Å². The van der Waals surface area contributed by atoms with E-state index < -0.39 is 0 Å². The monoisotopic (exact) mass is 194 g/mol. The Balaban J connectivity index is 1.96. The maximum atomic E-state index is 12.6. The number of aromatic nitrogens is 1. The van der Waals surface area contributed by atoms with E-state index in [2.05, 4.69) is 24.1 Å². The lowest BCUT2D eigenvalue weighted by molar-refractivity contribution is 0.536. The van der Waals surface area contributed by atoms with Crippen LogP contribution in [0.15, 0.2) is 18.3 Å². The summed E-state index contributed by atoms with van der Waals surface area (Å²) < 4.78 is 12.6. The highest BCUT2D eigenvalue weighted by atomic mass is 19.1. The third-order valence-corrected chi connectivity index (χ3v) is 2.77. The van der Waals surface area contributed by atoms with E-state index in [-0.39, 0.29) is 11.9 Å². The molecule has 76 valence electrons. The van der Waals surface area contributed by atoms with Gasteiger partial charge in [0, 0.05) is 12.1 Å². The van der Waals surface area contributed by atoms with Crippen LogP contribution in [0, 0.1) is 11.7 Å². The van der Waals surface area contributed by atoms with Crippen molar-refractivity contribution in [2.75, 3.05) is 0 Å². The molecule has 3 heteroatoms.